The van der Waals surface area contributed by atoms with Crippen LogP contribution >= 0.6 is 0 Å². The molecule has 0 bridgehead atoms. The highest BCUT2D eigenvalue weighted by Crippen LogP contribution is 2.11. The second-order valence-electron chi connectivity index (χ2n) is 6.27. The van der Waals surface area contributed by atoms with Gasteiger partial charge in [0.15, 0.2) is 0 Å². The number of hydrogen-bond acceptors (Lipinski definition) is 1. The molecule has 0 rings (SSSR count). The summed E-state index contributed by atoms with van der Waals surface area (Å²) < 4.78 is 5.75. The summed E-state index contributed by atoms with van der Waals surface area (Å²) in [5, 5.41) is 0. The molecule has 0 aromatic rings. The summed E-state index contributed by atoms with van der Waals surface area (Å²) in [6.45, 7) is 17.3. The zero-order valence-electron chi connectivity index (χ0n) is 15.6. The Balaban J connectivity index is 4.64. The summed E-state index contributed by atoms with van der Waals surface area (Å²) in [4.78, 5) is 0. The largest absolute Gasteiger partial charge is 0.494 e. The van der Waals surface area contributed by atoms with E-state index in [-0.39, 0.29) is 0 Å². The summed E-state index contributed by atoms with van der Waals surface area (Å²) >= 11 is 0. The molecule has 122 valence electrons. The Labute approximate surface area is 137 Å². The fourth-order valence-electron chi connectivity index (χ4n) is 1.43. The van der Waals surface area contributed by atoms with E-state index in [1.54, 1.807) is 0 Å². The Morgan fingerprint density at radius 3 is 1.55 bits per heavy atom. The van der Waals surface area contributed by atoms with E-state index < -0.39 is 0 Å². The van der Waals surface area contributed by atoms with Crippen molar-refractivity contribution < 1.29 is 4.74 Å². The van der Waals surface area contributed by atoms with Crippen molar-refractivity contribution in [2.75, 3.05) is 6.61 Å². The second kappa shape index (κ2) is 10.9. The predicted molar refractivity (Wildman–Crippen MR) is 99.8 cm³/mol. The van der Waals surface area contributed by atoms with Gasteiger partial charge in [-0.3, -0.25) is 0 Å². The van der Waals surface area contributed by atoms with Crippen LogP contribution in [0, 0.1) is 0 Å². The first-order chi connectivity index (χ1) is 10.2. The molecule has 0 fully saturated rings. The quantitative estimate of drug-likeness (QED) is 0.376. The van der Waals surface area contributed by atoms with E-state index in [0.717, 1.165) is 5.76 Å². The van der Waals surface area contributed by atoms with Gasteiger partial charge >= 0.3 is 0 Å². The third kappa shape index (κ3) is 11.0. The molecular formula is C21H32O. The molecule has 0 saturated carbocycles. The Hall–Kier alpha value is -1.76. The van der Waals surface area contributed by atoms with Gasteiger partial charge in [0.1, 0.15) is 6.61 Å². The zero-order chi connectivity index (χ0) is 17.1. The van der Waals surface area contributed by atoms with Crippen LogP contribution in [0.15, 0.2) is 70.1 Å². The fourth-order valence-corrected chi connectivity index (χ4v) is 1.43. The summed E-state index contributed by atoms with van der Waals surface area (Å²) in [6.07, 6.45) is 12.6. The first-order valence-corrected chi connectivity index (χ1v) is 7.83. The smallest absolute Gasteiger partial charge is 0.109 e. The molecule has 0 aromatic carbocycles. The van der Waals surface area contributed by atoms with Crippen molar-refractivity contribution in [1.82, 2.24) is 0 Å². The van der Waals surface area contributed by atoms with Crippen molar-refractivity contribution in [3.05, 3.63) is 70.1 Å². The molecular weight excluding hydrogens is 268 g/mol. The minimum Gasteiger partial charge on any atom is -0.494 e. The molecule has 0 amide bonds. The van der Waals surface area contributed by atoms with Crippen molar-refractivity contribution >= 4 is 0 Å². The maximum Gasteiger partial charge on any atom is 0.109 e. The average molecular weight is 300 g/mol. The summed E-state index contributed by atoms with van der Waals surface area (Å²) in [5.41, 5.74) is 6.33. The van der Waals surface area contributed by atoms with Crippen LogP contribution in [0.3, 0.4) is 0 Å². The monoisotopic (exact) mass is 300 g/mol. The highest BCUT2D eigenvalue weighted by Gasteiger charge is 1.93. The Bertz CT molecular complexity index is 526. The third-order valence-electron chi connectivity index (χ3n) is 3.09. The molecule has 0 spiro atoms. The van der Waals surface area contributed by atoms with Crippen molar-refractivity contribution in [3.8, 4) is 0 Å². The molecule has 0 aliphatic carbocycles. The van der Waals surface area contributed by atoms with Crippen molar-refractivity contribution in [3.63, 3.8) is 0 Å². The topological polar surface area (TPSA) is 9.23 Å². The average Bonchev–Trinajstić information content (AvgIpc) is 2.45. The number of hydrogen-bond donors (Lipinski definition) is 0. The van der Waals surface area contributed by atoms with Gasteiger partial charge in [-0.1, -0.05) is 41.5 Å². The zero-order valence-corrected chi connectivity index (χ0v) is 15.6. The van der Waals surface area contributed by atoms with E-state index in [1.165, 1.54) is 27.9 Å². The molecule has 0 aliphatic heterocycles. The van der Waals surface area contributed by atoms with Gasteiger partial charge in [0.25, 0.3) is 0 Å². The van der Waals surface area contributed by atoms with Gasteiger partial charge in [-0.25, -0.2) is 0 Å². The van der Waals surface area contributed by atoms with E-state index in [2.05, 4.69) is 78.8 Å². The SMILES string of the molecule is CC(C)=C/C=C(\C)CO/C(C)=C/C=C(C)/C(C)=C/C=C(C)C. The van der Waals surface area contributed by atoms with E-state index >= 15 is 0 Å². The second-order valence-corrected chi connectivity index (χ2v) is 6.27. The van der Waals surface area contributed by atoms with Gasteiger partial charge in [0.05, 0.1) is 5.76 Å². The molecule has 0 aromatic heterocycles. The number of ether oxygens (including phenoxy) is 1. The van der Waals surface area contributed by atoms with E-state index in [9.17, 15) is 0 Å². The van der Waals surface area contributed by atoms with Crippen molar-refractivity contribution in [1.29, 1.82) is 0 Å². The molecule has 1 nitrogen and oxygen atoms in total. The maximum absolute atomic E-state index is 5.75. The lowest BCUT2D eigenvalue weighted by Gasteiger charge is -2.06. The molecule has 0 N–H and O–H groups in total. The molecule has 22 heavy (non-hydrogen) atoms. The normalized spacial score (nSPS) is 13.8. The molecule has 1 heteroatoms. The van der Waals surface area contributed by atoms with Crippen molar-refractivity contribution in [2.24, 2.45) is 0 Å². The lowest BCUT2D eigenvalue weighted by molar-refractivity contribution is 0.242. The fraction of sp³-hybridized carbons (Fsp3) is 0.429. The first-order valence-electron chi connectivity index (χ1n) is 7.83. The molecule has 0 radical (unpaired) electrons. The van der Waals surface area contributed by atoms with Crippen LogP contribution < -0.4 is 0 Å². The van der Waals surface area contributed by atoms with Gasteiger partial charge in [-0.15, -0.1) is 0 Å². The first kappa shape index (κ1) is 20.2. The van der Waals surface area contributed by atoms with E-state index in [1.807, 2.05) is 13.0 Å². The van der Waals surface area contributed by atoms with E-state index in [0.29, 0.717) is 6.61 Å². The molecule has 0 aliphatic rings. The lowest BCUT2D eigenvalue weighted by atomic mass is 10.1. The number of allylic oxidation sites excluding steroid dienone is 11. The van der Waals surface area contributed by atoms with Gasteiger partial charge in [0, 0.05) is 0 Å². The minimum atomic E-state index is 0.631. The van der Waals surface area contributed by atoms with Crippen LogP contribution in [-0.4, -0.2) is 6.61 Å². The van der Waals surface area contributed by atoms with E-state index in [4.69, 9.17) is 4.74 Å². The Kier molecular flexibility index (Phi) is 10.0. The van der Waals surface area contributed by atoms with Crippen LogP contribution in [0.2, 0.25) is 0 Å². The van der Waals surface area contributed by atoms with Crippen LogP contribution in [-0.2, 0) is 4.74 Å². The summed E-state index contributed by atoms with van der Waals surface area (Å²) in [7, 11) is 0. The standard InChI is InChI=1S/C21H32O/c1-16(2)9-11-18(5)15-22-21(8)14-13-20(7)19(6)12-10-17(3)4/h9-14H,15H2,1-8H3/b18-11+,19-12+,20-13+,21-14+. The highest BCUT2D eigenvalue weighted by molar-refractivity contribution is 5.33. The predicted octanol–water partition coefficient (Wildman–Crippen LogP) is 6.68. The Morgan fingerprint density at radius 2 is 1.05 bits per heavy atom. The molecule has 0 atom stereocenters. The molecule has 0 saturated heterocycles. The van der Waals surface area contributed by atoms with Gasteiger partial charge in [-0.2, -0.15) is 0 Å². The molecule has 0 heterocycles. The van der Waals surface area contributed by atoms with Crippen LogP contribution in [0.1, 0.15) is 55.4 Å². The maximum atomic E-state index is 5.75. The summed E-state index contributed by atoms with van der Waals surface area (Å²) in [5.74, 6) is 0.930. The molecule has 0 unspecified atom stereocenters. The van der Waals surface area contributed by atoms with Crippen molar-refractivity contribution in [2.45, 2.75) is 55.4 Å². The third-order valence-corrected chi connectivity index (χ3v) is 3.09. The van der Waals surface area contributed by atoms with Gasteiger partial charge in [0.2, 0.25) is 0 Å². The number of rotatable bonds is 7. The van der Waals surface area contributed by atoms with Gasteiger partial charge < -0.3 is 4.74 Å². The van der Waals surface area contributed by atoms with Crippen LogP contribution in [0.4, 0.5) is 0 Å². The lowest BCUT2D eigenvalue weighted by Crippen LogP contribution is -1.93. The van der Waals surface area contributed by atoms with Crippen LogP contribution in [0.5, 0.6) is 0 Å². The highest BCUT2D eigenvalue weighted by atomic mass is 16.5. The Morgan fingerprint density at radius 1 is 0.591 bits per heavy atom. The van der Waals surface area contributed by atoms with Gasteiger partial charge in [-0.05, 0) is 78.2 Å². The van der Waals surface area contributed by atoms with Crippen LogP contribution in [0.25, 0.3) is 0 Å². The minimum absolute atomic E-state index is 0.631. The summed E-state index contributed by atoms with van der Waals surface area (Å²) in [6, 6.07) is 0.